The number of amides is 2. The molecule has 0 fully saturated rings. The molecule has 0 bridgehead atoms. The van der Waals surface area contributed by atoms with Gasteiger partial charge in [0.05, 0.1) is 6.54 Å². The van der Waals surface area contributed by atoms with E-state index in [1.807, 2.05) is 48.5 Å². The first-order valence-electron chi connectivity index (χ1n) is 8.11. The Morgan fingerprint density at radius 3 is 2.15 bits per heavy atom. The number of carbonyl (C=O) groups excluding carboxylic acids is 2. The van der Waals surface area contributed by atoms with Crippen LogP contribution in [0, 0.1) is 0 Å². The van der Waals surface area contributed by atoms with Gasteiger partial charge in [0.25, 0.3) is 0 Å². The van der Waals surface area contributed by atoms with E-state index >= 15 is 0 Å². The van der Waals surface area contributed by atoms with E-state index in [0.29, 0.717) is 22.9 Å². The van der Waals surface area contributed by atoms with Crippen LogP contribution in [0.15, 0.2) is 84.9 Å². The van der Waals surface area contributed by atoms with Crippen LogP contribution in [0.3, 0.4) is 0 Å². The van der Waals surface area contributed by atoms with Crippen molar-refractivity contribution in [3.8, 4) is 0 Å². The summed E-state index contributed by atoms with van der Waals surface area (Å²) in [5.74, 6) is -1.35. The molecule has 0 heterocycles. The molecule has 1 N–H and O–H groups in total. The van der Waals surface area contributed by atoms with Gasteiger partial charge >= 0.3 is 11.8 Å². The first-order chi connectivity index (χ1) is 12.6. The molecular formula is C21H17ClN2O2. The number of hydrogen-bond donors (Lipinski definition) is 1. The Hall–Kier alpha value is -3.11. The van der Waals surface area contributed by atoms with Gasteiger partial charge in [-0.15, -0.1) is 0 Å². The highest BCUT2D eigenvalue weighted by molar-refractivity contribution is 6.44. The van der Waals surface area contributed by atoms with Crippen LogP contribution < -0.4 is 10.2 Å². The van der Waals surface area contributed by atoms with Crippen LogP contribution in [-0.2, 0) is 16.1 Å². The van der Waals surface area contributed by atoms with Crippen molar-refractivity contribution in [3.05, 3.63) is 95.5 Å². The molecule has 0 radical (unpaired) electrons. The van der Waals surface area contributed by atoms with Crippen LogP contribution in [0.4, 0.5) is 11.4 Å². The van der Waals surface area contributed by atoms with E-state index in [9.17, 15) is 9.59 Å². The van der Waals surface area contributed by atoms with E-state index in [2.05, 4.69) is 5.32 Å². The number of carbonyl (C=O) groups is 2. The van der Waals surface area contributed by atoms with Crippen molar-refractivity contribution in [1.82, 2.24) is 0 Å². The second-order valence-corrected chi connectivity index (χ2v) is 6.11. The Balaban J connectivity index is 1.83. The lowest BCUT2D eigenvalue weighted by atomic mass is 10.2. The predicted molar refractivity (Wildman–Crippen MR) is 104 cm³/mol. The summed E-state index contributed by atoms with van der Waals surface area (Å²) in [4.78, 5) is 26.8. The molecule has 130 valence electrons. The number of nitrogens with one attached hydrogen (secondary N) is 1. The highest BCUT2D eigenvalue weighted by Gasteiger charge is 2.23. The molecule has 0 saturated carbocycles. The minimum atomic E-state index is -0.716. The van der Waals surface area contributed by atoms with Gasteiger partial charge in [-0.2, -0.15) is 0 Å². The third-order valence-corrected chi connectivity index (χ3v) is 4.01. The Morgan fingerprint density at radius 1 is 0.846 bits per heavy atom. The van der Waals surface area contributed by atoms with Crippen molar-refractivity contribution in [2.24, 2.45) is 0 Å². The minimum absolute atomic E-state index is 0.298. The molecule has 5 heteroatoms. The SMILES string of the molecule is O=C(Nc1cccc(Cl)c1)C(=O)N(Cc1ccccc1)c1ccccc1. The lowest BCUT2D eigenvalue weighted by Gasteiger charge is -2.22. The molecule has 3 rings (SSSR count). The fourth-order valence-corrected chi connectivity index (χ4v) is 2.72. The topological polar surface area (TPSA) is 49.4 Å². The number of hydrogen-bond acceptors (Lipinski definition) is 2. The largest absolute Gasteiger partial charge is 0.318 e. The molecule has 4 nitrogen and oxygen atoms in total. The molecule has 26 heavy (non-hydrogen) atoms. The summed E-state index contributed by atoms with van der Waals surface area (Å²) >= 11 is 5.93. The summed E-state index contributed by atoms with van der Waals surface area (Å²) in [7, 11) is 0. The Morgan fingerprint density at radius 2 is 1.50 bits per heavy atom. The highest BCUT2D eigenvalue weighted by atomic mass is 35.5. The molecule has 0 unspecified atom stereocenters. The number of nitrogens with zero attached hydrogens (tertiary/aromatic N) is 1. The molecule has 0 aliphatic carbocycles. The van der Waals surface area contributed by atoms with E-state index in [0.717, 1.165) is 5.56 Å². The summed E-state index contributed by atoms with van der Waals surface area (Å²) in [5, 5.41) is 3.09. The van der Waals surface area contributed by atoms with Gasteiger partial charge in [0.15, 0.2) is 0 Å². The van der Waals surface area contributed by atoms with Crippen LogP contribution in [0.5, 0.6) is 0 Å². The predicted octanol–water partition coefficient (Wildman–Crippen LogP) is 4.51. The van der Waals surface area contributed by atoms with Crippen molar-refractivity contribution in [3.63, 3.8) is 0 Å². The van der Waals surface area contributed by atoms with E-state index in [1.54, 1.807) is 36.4 Å². The van der Waals surface area contributed by atoms with Gasteiger partial charge in [0.1, 0.15) is 0 Å². The summed E-state index contributed by atoms with van der Waals surface area (Å²) in [6, 6.07) is 25.3. The first kappa shape index (κ1) is 17.7. The number of anilines is 2. The third kappa shape index (κ3) is 4.49. The molecule has 0 aliphatic heterocycles. The van der Waals surface area contributed by atoms with Crippen LogP contribution in [-0.4, -0.2) is 11.8 Å². The zero-order valence-corrected chi connectivity index (χ0v) is 14.7. The van der Waals surface area contributed by atoms with Crippen molar-refractivity contribution >= 4 is 34.8 Å². The Bertz CT molecular complexity index is 898. The monoisotopic (exact) mass is 364 g/mol. The van der Waals surface area contributed by atoms with Gasteiger partial charge < -0.3 is 5.32 Å². The van der Waals surface area contributed by atoms with Crippen LogP contribution in [0.2, 0.25) is 5.02 Å². The van der Waals surface area contributed by atoms with E-state index in [4.69, 9.17) is 11.6 Å². The second-order valence-electron chi connectivity index (χ2n) is 5.68. The van der Waals surface area contributed by atoms with Crippen LogP contribution in [0.25, 0.3) is 0 Å². The fraction of sp³-hybridized carbons (Fsp3) is 0.0476. The number of para-hydroxylation sites is 1. The molecule has 0 atom stereocenters. The van der Waals surface area contributed by atoms with Crippen molar-refractivity contribution in [2.75, 3.05) is 10.2 Å². The average molecular weight is 365 g/mol. The molecule has 2 amide bonds. The quantitative estimate of drug-likeness (QED) is 0.692. The third-order valence-electron chi connectivity index (χ3n) is 3.77. The average Bonchev–Trinajstić information content (AvgIpc) is 2.67. The highest BCUT2D eigenvalue weighted by Crippen LogP contribution is 2.19. The molecule has 0 spiro atoms. The second kappa shape index (κ2) is 8.32. The Labute approximate surface area is 157 Å². The van der Waals surface area contributed by atoms with E-state index in [1.165, 1.54) is 4.90 Å². The van der Waals surface area contributed by atoms with Crippen LogP contribution >= 0.6 is 11.6 Å². The lowest BCUT2D eigenvalue weighted by molar-refractivity contribution is -0.134. The molecule has 0 saturated heterocycles. The van der Waals surface area contributed by atoms with E-state index < -0.39 is 11.8 Å². The van der Waals surface area contributed by atoms with Crippen molar-refractivity contribution in [2.45, 2.75) is 6.54 Å². The van der Waals surface area contributed by atoms with Gasteiger partial charge in [0.2, 0.25) is 0 Å². The van der Waals surface area contributed by atoms with E-state index in [-0.39, 0.29) is 0 Å². The molecule has 0 aromatic heterocycles. The minimum Gasteiger partial charge on any atom is -0.318 e. The van der Waals surface area contributed by atoms with Crippen molar-refractivity contribution < 1.29 is 9.59 Å². The van der Waals surface area contributed by atoms with Gasteiger partial charge in [-0.3, -0.25) is 14.5 Å². The maximum Gasteiger partial charge on any atom is 0.316 e. The fourth-order valence-electron chi connectivity index (χ4n) is 2.53. The summed E-state index contributed by atoms with van der Waals surface area (Å²) < 4.78 is 0. The van der Waals surface area contributed by atoms with Gasteiger partial charge in [-0.05, 0) is 35.9 Å². The number of halogens is 1. The van der Waals surface area contributed by atoms with Gasteiger partial charge in [0, 0.05) is 16.4 Å². The maximum atomic E-state index is 12.8. The maximum absolute atomic E-state index is 12.8. The van der Waals surface area contributed by atoms with Gasteiger partial charge in [-0.1, -0.05) is 66.2 Å². The molecule has 0 aliphatic rings. The zero-order valence-electron chi connectivity index (χ0n) is 13.9. The normalized spacial score (nSPS) is 10.2. The summed E-state index contributed by atoms with van der Waals surface area (Å²) in [6.07, 6.45) is 0. The zero-order chi connectivity index (χ0) is 18.4. The lowest BCUT2D eigenvalue weighted by Crippen LogP contribution is -2.39. The number of rotatable bonds is 4. The van der Waals surface area contributed by atoms with Gasteiger partial charge in [-0.25, -0.2) is 0 Å². The summed E-state index contributed by atoms with van der Waals surface area (Å²) in [5.41, 5.74) is 2.06. The molecule has 3 aromatic rings. The first-order valence-corrected chi connectivity index (χ1v) is 8.48. The molecule has 3 aromatic carbocycles. The van der Waals surface area contributed by atoms with Crippen LogP contribution in [0.1, 0.15) is 5.56 Å². The number of benzene rings is 3. The Kier molecular flexibility index (Phi) is 5.66. The van der Waals surface area contributed by atoms with Crippen molar-refractivity contribution in [1.29, 1.82) is 0 Å². The standard InChI is InChI=1S/C21H17ClN2O2/c22-17-10-7-11-18(14-17)23-20(25)21(26)24(19-12-5-2-6-13-19)15-16-8-3-1-4-9-16/h1-14H,15H2,(H,23,25). The smallest absolute Gasteiger partial charge is 0.316 e. The summed E-state index contributed by atoms with van der Waals surface area (Å²) in [6.45, 7) is 0.298. The molecular weight excluding hydrogens is 348 g/mol.